The fourth-order valence-electron chi connectivity index (χ4n) is 2.50. The van der Waals surface area contributed by atoms with Crippen molar-refractivity contribution in [2.75, 3.05) is 19.6 Å². The summed E-state index contributed by atoms with van der Waals surface area (Å²) in [5.41, 5.74) is 2.16. The molecule has 1 aromatic heterocycles. The molecule has 2 aromatic rings. The monoisotopic (exact) mass is 423 g/mol. The number of benzene rings is 1. The predicted molar refractivity (Wildman–Crippen MR) is 110 cm³/mol. The van der Waals surface area contributed by atoms with Crippen molar-refractivity contribution in [3.63, 3.8) is 0 Å². The highest BCUT2D eigenvalue weighted by Gasteiger charge is 2.16. The molecule has 3 N–H and O–H groups in total. The Morgan fingerprint density at radius 2 is 1.82 bits per heavy atom. The van der Waals surface area contributed by atoms with Crippen LogP contribution in [-0.4, -0.2) is 39.9 Å². The number of amides is 2. The van der Waals surface area contributed by atoms with Gasteiger partial charge in [-0.15, -0.1) is 0 Å². The Morgan fingerprint density at radius 3 is 2.54 bits per heavy atom. The Labute approximate surface area is 169 Å². The van der Waals surface area contributed by atoms with E-state index in [0.717, 1.165) is 5.56 Å². The van der Waals surface area contributed by atoms with Crippen LogP contribution in [0.2, 0.25) is 0 Å². The highest BCUT2D eigenvalue weighted by molar-refractivity contribution is 7.89. The van der Waals surface area contributed by atoms with Crippen LogP contribution in [-0.2, 0) is 14.8 Å². The second-order valence-corrected chi connectivity index (χ2v) is 8.90. The van der Waals surface area contributed by atoms with Gasteiger partial charge in [0.1, 0.15) is 0 Å². The largest absolute Gasteiger partial charge is 0.355 e. The molecule has 0 aliphatic rings. The molecule has 2 amide bonds. The standard InChI is InChI=1S/C19H25N3O4S2/c1-14-5-6-15(2)17(12-14)28(25,26)22-10-9-20-18(23)4-3-8-21-19(24)16-7-11-27-13-16/h5-7,11-13,22H,3-4,8-10H2,1-2H3,(H,20,23)(H,21,24). The van der Waals surface area contributed by atoms with Crippen molar-refractivity contribution >= 4 is 33.2 Å². The zero-order valence-corrected chi connectivity index (χ0v) is 17.6. The van der Waals surface area contributed by atoms with Gasteiger partial charge in [-0.2, -0.15) is 11.3 Å². The minimum Gasteiger partial charge on any atom is -0.355 e. The Balaban J connectivity index is 1.64. The van der Waals surface area contributed by atoms with Crippen LogP contribution in [0, 0.1) is 13.8 Å². The van der Waals surface area contributed by atoms with E-state index in [0.29, 0.717) is 24.1 Å². The summed E-state index contributed by atoms with van der Waals surface area (Å²) in [6.45, 7) is 4.29. The van der Waals surface area contributed by atoms with Gasteiger partial charge in [0.15, 0.2) is 0 Å². The molecule has 1 heterocycles. The van der Waals surface area contributed by atoms with Gasteiger partial charge in [-0.05, 0) is 48.9 Å². The van der Waals surface area contributed by atoms with E-state index in [-0.39, 0.29) is 36.2 Å². The first kappa shape index (κ1) is 22.1. The van der Waals surface area contributed by atoms with Crippen LogP contribution in [0.3, 0.4) is 0 Å². The number of thiophene rings is 1. The van der Waals surface area contributed by atoms with Crippen molar-refractivity contribution in [3.05, 3.63) is 51.7 Å². The van der Waals surface area contributed by atoms with E-state index in [9.17, 15) is 18.0 Å². The average molecular weight is 424 g/mol. The number of carbonyl (C=O) groups is 2. The first-order valence-corrected chi connectivity index (χ1v) is 11.4. The van der Waals surface area contributed by atoms with Crippen molar-refractivity contribution in [2.24, 2.45) is 0 Å². The SMILES string of the molecule is Cc1ccc(C)c(S(=O)(=O)NCCNC(=O)CCCNC(=O)c2ccsc2)c1. The first-order chi connectivity index (χ1) is 13.3. The van der Waals surface area contributed by atoms with Crippen molar-refractivity contribution < 1.29 is 18.0 Å². The van der Waals surface area contributed by atoms with Crippen molar-refractivity contribution in [1.82, 2.24) is 15.4 Å². The lowest BCUT2D eigenvalue weighted by Gasteiger charge is -2.11. The maximum absolute atomic E-state index is 12.4. The van der Waals surface area contributed by atoms with Crippen LogP contribution in [0.5, 0.6) is 0 Å². The Hall–Kier alpha value is -2.23. The van der Waals surface area contributed by atoms with Crippen molar-refractivity contribution in [3.8, 4) is 0 Å². The molecule has 0 fully saturated rings. The number of sulfonamides is 1. The smallest absolute Gasteiger partial charge is 0.252 e. The maximum Gasteiger partial charge on any atom is 0.252 e. The van der Waals surface area contributed by atoms with E-state index in [1.165, 1.54) is 11.3 Å². The summed E-state index contributed by atoms with van der Waals surface area (Å²) in [4.78, 5) is 23.8. The lowest BCUT2D eigenvalue weighted by molar-refractivity contribution is -0.121. The minimum absolute atomic E-state index is 0.107. The van der Waals surface area contributed by atoms with E-state index in [2.05, 4.69) is 15.4 Å². The Morgan fingerprint density at radius 1 is 1.04 bits per heavy atom. The number of hydrogen-bond donors (Lipinski definition) is 3. The molecule has 0 saturated carbocycles. The van der Waals surface area contributed by atoms with E-state index >= 15 is 0 Å². The molecule has 9 heteroatoms. The summed E-state index contributed by atoms with van der Waals surface area (Å²) in [5.74, 6) is -0.335. The van der Waals surface area contributed by atoms with Crippen LogP contribution in [0.25, 0.3) is 0 Å². The molecule has 0 bridgehead atoms. The van der Waals surface area contributed by atoms with E-state index < -0.39 is 10.0 Å². The van der Waals surface area contributed by atoms with Crippen molar-refractivity contribution in [2.45, 2.75) is 31.6 Å². The van der Waals surface area contributed by atoms with Crippen molar-refractivity contribution in [1.29, 1.82) is 0 Å². The number of hydrogen-bond acceptors (Lipinski definition) is 5. The highest BCUT2D eigenvalue weighted by Crippen LogP contribution is 2.16. The zero-order chi connectivity index (χ0) is 20.6. The highest BCUT2D eigenvalue weighted by atomic mass is 32.2. The zero-order valence-electron chi connectivity index (χ0n) is 15.9. The van der Waals surface area contributed by atoms with Gasteiger partial charge in [-0.25, -0.2) is 13.1 Å². The fraction of sp³-hybridized carbons (Fsp3) is 0.368. The third-order valence-corrected chi connectivity index (χ3v) is 6.31. The molecule has 0 aliphatic heterocycles. The predicted octanol–water partition coefficient (Wildman–Crippen LogP) is 1.97. The van der Waals surface area contributed by atoms with Gasteiger partial charge in [0.2, 0.25) is 15.9 Å². The third-order valence-electron chi connectivity index (χ3n) is 4.02. The Bertz CT molecular complexity index is 909. The topological polar surface area (TPSA) is 104 Å². The lowest BCUT2D eigenvalue weighted by Crippen LogP contribution is -2.35. The number of aryl methyl sites for hydroxylation is 2. The average Bonchev–Trinajstić information content (AvgIpc) is 3.19. The molecular formula is C19H25N3O4S2. The van der Waals surface area contributed by atoms with E-state index in [1.54, 1.807) is 30.5 Å². The second kappa shape index (κ2) is 10.4. The van der Waals surface area contributed by atoms with Crippen LogP contribution < -0.4 is 15.4 Å². The molecule has 0 aliphatic carbocycles. The molecule has 152 valence electrons. The van der Waals surface area contributed by atoms with Crippen LogP contribution in [0.15, 0.2) is 39.9 Å². The van der Waals surface area contributed by atoms with Gasteiger partial charge < -0.3 is 10.6 Å². The first-order valence-electron chi connectivity index (χ1n) is 8.93. The number of rotatable bonds is 10. The van der Waals surface area contributed by atoms with Gasteiger partial charge >= 0.3 is 0 Å². The molecule has 0 radical (unpaired) electrons. The molecule has 0 atom stereocenters. The van der Waals surface area contributed by atoms with E-state index in [1.807, 2.05) is 18.4 Å². The summed E-state index contributed by atoms with van der Waals surface area (Å²) in [6.07, 6.45) is 0.767. The van der Waals surface area contributed by atoms with Crippen LogP contribution >= 0.6 is 11.3 Å². The fourth-order valence-corrected chi connectivity index (χ4v) is 4.49. The molecule has 0 unspecified atom stereocenters. The Kier molecular flexibility index (Phi) is 8.16. The number of carbonyl (C=O) groups excluding carboxylic acids is 2. The van der Waals surface area contributed by atoms with Gasteiger partial charge in [-0.3, -0.25) is 9.59 Å². The van der Waals surface area contributed by atoms with Gasteiger partial charge in [0.25, 0.3) is 5.91 Å². The third kappa shape index (κ3) is 6.74. The van der Waals surface area contributed by atoms with Gasteiger partial charge in [0.05, 0.1) is 4.90 Å². The van der Waals surface area contributed by atoms with Crippen LogP contribution in [0.1, 0.15) is 34.3 Å². The second-order valence-electron chi connectivity index (χ2n) is 6.39. The van der Waals surface area contributed by atoms with Crippen LogP contribution in [0.4, 0.5) is 0 Å². The summed E-state index contributed by atoms with van der Waals surface area (Å²) in [7, 11) is -3.61. The quantitative estimate of drug-likeness (QED) is 0.508. The molecule has 7 nitrogen and oxygen atoms in total. The molecule has 1 aromatic carbocycles. The van der Waals surface area contributed by atoms with Gasteiger partial charge in [-0.1, -0.05) is 12.1 Å². The molecule has 0 spiro atoms. The summed E-state index contributed by atoms with van der Waals surface area (Å²) < 4.78 is 27.2. The minimum atomic E-state index is -3.61. The summed E-state index contributed by atoms with van der Waals surface area (Å²) >= 11 is 1.45. The molecular weight excluding hydrogens is 398 g/mol. The van der Waals surface area contributed by atoms with Gasteiger partial charge in [0, 0.05) is 37.0 Å². The maximum atomic E-state index is 12.4. The molecule has 2 rings (SSSR count). The summed E-state index contributed by atoms with van der Waals surface area (Å²) in [5, 5.41) is 9.02. The lowest BCUT2D eigenvalue weighted by atomic mass is 10.2. The molecule has 28 heavy (non-hydrogen) atoms. The summed E-state index contributed by atoms with van der Waals surface area (Å²) in [6, 6.07) is 6.99. The van der Waals surface area contributed by atoms with E-state index in [4.69, 9.17) is 0 Å². The normalized spacial score (nSPS) is 11.2. The molecule has 0 saturated heterocycles. The number of nitrogens with one attached hydrogen (secondary N) is 3.